The van der Waals surface area contributed by atoms with Crippen molar-refractivity contribution in [3.8, 4) is 0 Å². The van der Waals surface area contributed by atoms with Crippen molar-refractivity contribution in [3.63, 3.8) is 0 Å². The number of hydrogen-bond donors (Lipinski definition) is 0. The first-order valence-corrected chi connectivity index (χ1v) is 2.95. The molecular formula is C2H7ClLaOS. The molecule has 0 saturated carbocycles. The third-order valence-corrected chi connectivity index (χ3v) is 0. The van der Waals surface area contributed by atoms with Crippen molar-refractivity contribution in [2.75, 3.05) is 12.5 Å². The molecule has 37 valence electrons. The van der Waals surface area contributed by atoms with Crippen molar-refractivity contribution in [3.05, 3.63) is 0 Å². The summed E-state index contributed by atoms with van der Waals surface area (Å²) in [5.41, 5.74) is 0. The Labute approximate surface area is 74.7 Å². The zero-order chi connectivity index (χ0) is 3.58. The van der Waals surface area contributed by atoms with Crippen LogP contribution in [0.1, 0.15) is 0 Å². The Balaban J connectivity index is -0.0000000450. The molecule has 0 aromatic heterocycles. The molecule has 1 radical (unpaired) electrons. The fourth-order valence-electron chi connectivity index (χ4n) is 0. The molecule has 0 N–H and O–H groups in total. The van der Waals surface area contributed by atoms with Gasteiger partial charge < -0.3 is 0 Å². The molecule has 1 nitrogen and oxygen atoms in total. The Hall–Kier alpha value is 1.63. The van der Waals surface area contributed by atoms with Crippen molar-refractivity contribution in [2.45, 2.75) is 0 Å². The van der Waals surface area contributed by atoms with E-state index in [0.29, 0.717) is 0 Å². The minimum absolute atomic E-state index is 0. The summed E-state index contributed by atoms with van der Waals surface area (Å²) in [6.07, 6.45) is 3.28. The minimum Gasteiger partial charge on any atom is -0.260 e. The molecule has 0 aromatic carbocycles. The maximum Gasteiger partial charge on any atom is 0.0148 e. The fraction of sp³-hybridized carbons (Fsp3) is 1.00. The topological polar surface area (TPSA) is 17.1 Å². The molecule has 0 spiro atoms. The molecule has 0 atom stereocenters. The smallest absolute Gasteiger partial charge is 0.0148 e. The van der Waals surface area contributed by atoms with Crippen LogP contribution in [0.25, 0.3) is 0 Å². The maximum absolute atomic E-state index is 9.56. The van der Waals surface area contributed by atoms with E-state index in [1.165, 1.54) is 0 Å². The predicted molar refractivity (Wildman–Crippen MR) is 27.2 cm³/mol. The number of halogens is 1. The van der Waals surface area contributed by atoms with Crippen LogP contribution in [0.4, 0.5) is 0 Å². The van der Waals surface area contributed by atoms with Gasteiger partial charge in [0.05, 0.1) is 0 Å². The summed E-state index contributed by atoms with van der Waals surface area (Å²) >= 11 is 0. The summed E-state index contributed by atoms with van der Waals surface area (Å²) in [5.74, 6) is 0. The van der Waals surface area contributed by atoms with E-state index >= 15 is 0 Å². The van der Waals surface area contributed by atoms with Crippen molar-refractivity contribution >= 4 is 23.2 Å². The van der Waals surface area contributed by atoms with Crippen LogP contribution in [-0.4, -0.2) is 16.7 Å². The minimum atomic E-state index is -0.611. The molecule has 0 aliphatic rings. The summed E-state index contributed by atoms with van der Waals surface area (Å²) in [5, 5.41) is 0. The van der Waals surface area contributed by atoms with Crippen LogP contribution in [0.3, 0.4) is 0 Å². The average Bonchev–Trinajstić information content (AvgIpc) is 0.811. The van der Waals surface area contributed by atoms with Gasteiger partial charge in [0.15, 0.2) is 0 Å². The van der Waals surface area contributed by atoms with Gasteiger partial charge in [0, 0.05) is 58.9 Å². The SMILES string of the molecule is CS(C)=O.Cl.[La]. The summed E-state index contributed by atoms with van der Waals surface area (Å²) < 4.78 is 9.56. The molecule has 4 heteroatoms. The first kappa shape index (κ1) is 15.6. The Morgan fingerprint density at radius 2 is 1.33 bits per heavy atom. The molecule has 0 aliphatic carbocycles. The molecule has 0 aromatic rings. The molecule has 0 amide bonds. The van der Waals surface area contributed by atoms with Gasteiger partial charge in [-0.15, -0.1) is 12.4 Å². The Morgan fingerprint density at radius 3 is 1.33 bits per heavy atom. The van der Waals surface area contributed by atoms with Crippen LogP contribution in [-0.2, 0) is 10.8 Å². The first-order valence-electron chi connectivity index (χ1n) is 0.983. The molecule has 0 unspecified atom stereocenters. The normalized spacial score (nSPS) is 5.83. The molecular weight excluding hydrogens is 246 g/mol. The van der Waals surface area contributed by atoms with Crippen LogP contribution in [0.15, 0.2) is 0 Å². The van der Waals surface area contributed by atoms with Crippen molar-refractivity contribution in [2.24, 2.45) is 0 Å². The van der Waals surface area contributed by atoms with Crippen LogP contribution in [0, 0.1) is 35.6 Å². The standard InChI is InChI=1S/C2H6OS.ClH.La/c1-4(2)3;;/h1-2H3;1H;. The molecule has 0 saturated heterocycles. The van der Waals surface area contributed by atoms with Gasteiger partial charge in [-0.3, -0.25) is 4.21 Å². The van der Waals surface area contributed by atoms with Gasteiger partial charge in [0.1, 0.15) is 0 Å². The Kier molecular flexibility index (Phi) is 25.6. The molecule has 6 heavy (non-hydrogen) atoms. The van der Waals surface area contributed by atoms with E-state index in [1.54, 1.807) is 12.5 Å². The van der Waals surface area contributed by atoms with Gasteiger partial charge in [-0.25, -0.2) is 0 Å². The van der Waals surface area contributed by atoms with E-state index in [9.17, 15) is 4.21 Å². The third kappa shape index (κ3) is 45.3. The van der Waals surface area contributed by atoms with Gasteiger partial charge in [0.2, 0.25) is 0 Å². The molecule has 0 bridgehead atoms. The van der Waals surface area contributed by atoms with E-state index in [4.69, 9.17) is 0 Å². The van der Waals surface area contributed by atoms with E-state index in [0.717, 1.165) is 0 Å². The van der Waals surface area contributed by atoms with E-state index < -0.39 is 10.8 Å². The predicted octanol–water partition coefficient (Wildman–Crippen LogP) is 0.417. The van der Waals surface area contributed by atoms with Crippen LogP contribution >= 0.6 is 12.4 Å². The zero-order valence-electron chi connectivity index (χ0n) is 3.80. The van der Waals surface area contributed by atoms with Crippen LogP contribution < -0.4 is 0 Å². The van der Waals surface area contributed by atoms with Crippen molar-refractivity contribution in [1.29, 1.82) is 0 Å². The molecule has 0 rings (SSSR count). The van der Waals surface area contributed by atoms with Gasteiger partial charge in [-0.1, -0.05) is 0 Å². The Bertz CT molecular complexity index is 36.5. The van der Waals surface area contributed by atoms with Gasteiger partial charge in [-0.05, 0) is 0 Å². The average molecular weight is 254 g/mol. The van der Waals surface area contributed by atoms with Gasteiger partial charge in [-0.2, -0.15) is 0 Å². The van der Waals surface area contributed by atoms with E-state index in [-0.39, 0.29) is 48.0 Å². The Morgan fingerprint density at radius 1 is 1.33 bits per heavy atom. The van der Waals surface area contributed by atoms with Crippen LogP contribution in [0.2, 0.25) is 0 Å². The van der Waals surface area contributed by atoms with Gasteiger partial charge >= 0.3 is 0 Å². The van der Waals surface area contributed by atoms with E-state index in [1.807, 2.05) is 0 Å². The molecule has 0 heterocycles. The van der Waals surface area contributed by atoms with Crippen molar-refractivity contribution in [1.82, 2.24) is 0 Å². The second kappa shape index (κ2) is 9.81. The summed E-state index contributed by atoms with van der Waals surface area (Å²) in [6.45, 7) is 0. The second-order valence-corrected chi connectivity index (χ2v) is 2.22. The number of hydrogen-bond acceptors (Lipinski definition) is 1. The first-order chi connectivity index (χ1) is 1.73. The monoisotopic (exact) mass is 253 g/mol. The van der Waals surface area contributed by atoms with E-state index in [2.05, 4.69) is 0 Å². The van der Waals surface area contributed by atoms with Crippen LogP contribution in [0.5, 0.6) is 0 Å². The second-order valence-electron chi connectivity index (χ2n) is 0.742. The van der Waals surface area contributed by atoms with Crippen molar-refractivity contribution < 1.29 is 39.8 Å². The molecule has 0 fully saturated rings. The summed E-state index contributed by atoms with van der Waals surface area (Å²) in [6, 6.07) is 0. The summed E-state index contributed by atoms with van der Waals surface area (Å²) in [4.78, 5) is 0. The fourth-order valence-corrected chi connectivity index (χ4v) is 0. The largest absolute Gasteiger partial charge is 0.260 e. The summed E-state index contributed by atoms with van der Waals surface area (Å²) in [7, 11) is -0.611. The van der Waals surface area contributed by atoms with Gasteiger partial charge in [0.25, 0.3) is 0 Å². The third-order valence-electron chi connectivity index (χ3n) is 0. The quantitative estimate of drug-likeness (QED) is 0.611. The maximum atomic E-state index is 9.56. The molecule has 0 aliphatic heterocycles. The zero-order valence-corrected chi connectivity index (χ0v) is 9.06. The number of rotatable bonds is 0.